The largest absolute Gasteiger partial charge is 0.496 e. The lowest BCUT2D eigenvalue weighted by molar-refractivity contribution is 0.188. The van der Waals surface area contributed by atoms with Crippen LogP contribution in [0, 0.1) is 0 Å². The molecule has 108 valence electrons. The van der Waals surface area contributed by atoms with E-state index in [0.717, 1.165) is 43.7 Å². The molecule has 1 rings (SSSR count). The lowest BCUT2D eigenvalue weighted by atomic mass is 10.0. The highest BCUT2D eigenvalue weighted by atomic mass is 35.5. The lowest BCUT2D eigenvalue weighted by Gasteiger charge is -2.21. The molecule has 0 bridgehead atoms. The molecule has 0 saturated heterocycles. The fourth-order valence-corrected chi connectivity index (χ4v) is 2.25. The van der Waals surface area contributed by atoms with Crippen LogP contribution in [0.25, 0.3) is 0 Å². The van der Waals surface area contributed by atoms with Crippen molar-refractivity contribution in [3.63, 3.8) is 0 Å². The van der Waals surface area contributed by atoms with E-state index in [4.69, 9.17) is 21.1 Å². The maximum absolute atomic E-state index is 6.01. The maximum atomic E-state index is 6.01. The Morgan fingerprint density at radius 3 is 2.74 bits per heavy atom. The smallest absolute Gasteiger partial charge is 0.125 e. The van der Waals surface area contributed by atoms with E-state index in [9.17, 15) is 0 Å². The molecule has 0 aliphatic carbocycles. The normalized spacial score (nSPS) is 12.4. The topological polar surface area (TPSA) is 30.5 Å². The monoisotopic (exact) mass is 285 g/mol. The van der Waals surface area contributed by atoms with Gasteiger partial charge in [0.05, 0.1) is 7.11 Å². The first-order valence-corrected chi connectivity index (χ1v) is 7.16. The Morgan fingerprint density at radius 2 is 2.11 bits per heavy atom. The van der Waals surface area contributed by atoms with Crippen molar-refractivity contribution in [2.45, 2.75) is 32.2 Å². The molecule has 0 aliphatic rings. The van der Waals surface area contributed by atoms with Gasteiger partial charge in [-0.15, -0.1) is 0 Å². The number of halogens is 1. The highest BCUT2D eigenvalue weighted by Gasteiger charge is 2.15. The van der Waals surface area contributed by atoms with Crippen LogP contribution >= 0.6 is 11.6 Å². The van der Waals surface area contributed by atoms with Crippen LogP contribution in [0.4, 0.5) is 0 Å². The first-order valence-electron chi connectivity index (χ1n) is 6.78. The van der Waals surface area contributed by atoms with Crippen molar-refractivity contribution < 1.29 is 9.47 Å². The number of ether oxygens (including phenoxy) is 2. The van der Waals surface area contributed by atoms with Gasteiger partial charge in [-0.2, -0.15) is 0 Å². The molecule has 19 heavy (non-hydrogen) atoms. The molecular formula is C15H24ClNO2. The van der Waals surface area contributed by atoms with E-state index in [-0.39, 0.29) is 6.04 Å². The van der Waals surface area contributed by atoms with Crippen LogP contribution in [0.1, 0.15) is 37.8 Å². The second kappa shape index (κ2) is 9.18. The fraction of sp³-hybridized carbons (Fsp3) is 0.600. The quantitative estimate of drug-likeness (QED) is 0.700. The molecule has 1 N–H and O–H groups in total. The van der Waals surface area contributed by atoms with Crippen LogP contribution in [0.3, 0.4) is 0 Å². The molecule has 0 aromatic heterocycles. The highest BCUT2D eigenvalue weighted by molar-refractivity contribution is 6.30. The van der Waals surface area contributed by atoms with E-state index in [1.54, 1.807) is 14.2 Å². The summed E-state index contributed by atoms with van der Waals surface area (Å²) < 4.78 is 10.6. The zero-order chi connectivity index (χ0) is 14.1. The molecular weight excluding hydrogens is 262 g/mol. The summed E-state index contributed by atoms with van der Waals surface area (Å²) in [7, 11) is 3.42. The van der Waals surface area contributed by atoms with Gasteiger partial charge in [-0.3, -0.25) is 0 Å². The van der Waals surface area contributed by atoms with Gasteiger partial charge in [0, 0.05) is 30.3 Å². The summed E-state index contributed by atoms with van der Waals surface area (Å²) >= 11 is 6.01. The predicted molar refractivity (Wildman–Crippen MR) is 80.1 cm³/mol. The Labute approximate surface area is 121 Å². The van der Waals surface area contributed by atoms with Gasteiger partial charge < -0.3 is 14.8 Å². The maximum Gasteiger partial charge on any atom is 0.125 e. The first-order chi connectivity index (χ1) is 9.22. The Bertz CT molecular complexity index is 371. The van der Waals surface area contributed by atoms with Crippen molar-refractivity contribution in [1.82, 2.24) is 5.32 Å². The summed E-state index contributed by atoms with van der Waals surface area (Å²) in [5, 5.41) is 4.26. The molecule has 0 aliphatic heterocycles. The van der Waals surface area contributed by atoms with Gasteiger partial charge in [-0.25, -0.2) is 0 Å². The molecule has 0 saturated carbocycles. The summed E-state index contributed by atoms with van der Waals surface area (Å²) in [5.74, 6) is 0.846. The van der Waals surface area contributed by atoms with Crippen molar-refractivity contribution in [1.29, 1.82) is 0 Å². The summed E-state index contributed by atoms with van der Waals surface area (Å²) in [4.78, 5) is 0. The SMILES string of the molecule is CCCNC(CCCOC)c1ccc(Cl)cc1OC. The fourth-order valence-electron chi connectivity index (χ4n) is 2.09. The minimum absolute atomic E-state index is 0.280. The average molecular weight is 286 g/mol. The Morgan fingerprint density at radius 1 is 1.32 bits per heavy atom. The van der Waals surface area contributed by atoms with Gasteiger partial charge in [-0.05, 0) is 37.9 Å². The van der Waals surface area contributed by atoms with E-state index in [0.29, 0.717) is 5.02 Å². The second-order valence-corrected chi connectivity index (χ2v) is 4.96. The first kappa shape index (κ1) is 16.3. The van der Waals surface area contributed by atoms with Gasteiger partial charge >= 0.3 is 0 Å². The van der Waals surface area contributed by atoms with E-state index >= 15 is 0 Å². The average Bonchev–Trinajstić information content (AvgIpc) is 2.43. The predicted octanol–water partition coefficient (Wildman–Crippen LogP) is 3.82. The van der Waals surface area contributed by atoms with Gasteiger partial charge in [0.15, 0.2) is 0 Å². The third-order valence-electron chi connectivity index (χ3n) is 3.05. The Hall–Kier alpha value is -0.770. The minimum Gasteiger partial charge on any atom is -0.496 e. The van der Waals surface area contributed by atoms with Gasteiger partial charge in [-0.1, -0.05) is 24.6 Å². The van der Waals surface area contributed by atoms with Crippen LogP contribution in [0.5, 0.6) is 5.75 Å². The molecule has 0 radical (unpaired) electrons. The molecule has 1 atom stereocenters. The van der Waals surface area contributed by atoms with Crippen LogP contribution in [-0.4, -0.2) is 27.4 Å². The molecule has 1 aromatic rings. The van der Waals surface area contributed by atoms with E-state index in [2.05, 4.69) is 12.2 Å². The molecule has 0 amide bonds. The summed E-state index contributed by atoms with van der Waals surface area (Å²) in [6, 6.07) is 6.10. The highest BCUT2D eigenvalue weighted by Crippen LogP contribution is 2.30. The van der Waals surface area contributed by atoms with Crippen LogP contribution in [0.2, 0.25) is 5.02 Å². The summed E-state index contributed by atoms with van der Waals surface area (Å²) in [6.45, 7) is 3.93. The van der Waals surface area contributed by atoms with Crippen molar-refractivity contribution in [2.24, 2.45) is 0 Å². The molecule has 1 aromatic carbocycles. The molecule has 0 heterocycles. The Balaban J connectivity index is 2.82. The van der Waals surface area contributed by atoms with Gasteiger partial charge in [0.25, 0.3) is 0 Å². The van der Waals surface area contributed by atoms with E-state index < -0.39 is 0 Å². The zero-order valence-corrected chi connectivity index (χ0v) is 12.8. The molecule has 3 nitrogen and oxygen atoms in total. The molecule has 4 heteroatoms. The zero-order valence-electron chi connectivity index (χ0n) is 12.0. The summed E-state index contributed by atoms with van der Waals surface area (Å²) in [6.07, 6.45) is 3.15. The standard InChI is InChI=1S/C15H24ClNO2/c1-4-9-17-14(6-5-10-18-2)13-8-7-12(16)11-15(13)19-3/h7-8,11,14,17H,4-6,9-10H2,1-3H3. The van der Waals surface area contributed by atoms with E-state index in [1.165, 1.54) is 0 Å². The number of methoxy groups -OCH3 is 2. The van der Waals surface area contributed by atoms with Crippen LogP contribution in [0.15, 0.2) is 18.2 Å². The van der Waals surface area contributed by atoms with Crippen molar-refractivity contribution in [3.05, 3.63) is 28.8 Å². The number of hydrogen-bond acceptors (Lipinski definition) is 3. The molecule has 0 spiro atoms. The number of benzene rings is 1. The van der Waals surface area contributed by atoms with Crippen LogP contribution in [-0.2, 0) is 4.74 Å². The van der Waals surface area contributed by atoms with Crippen molar-refractivity contribution in [3.8, 4) is 5.75 Å². The minimum atomic E-state index is 0.280. The third kappa shape index (κ3) is 5.39. The summed E-state index contributed by atoms with van der Waals surface area (Å²) in [5.41, 5.74) is 1.16. The van der Waals surface area contributed by atoms with Gasteiger partial charge in [0.2, 0.25) is 0 Å². The van der Waals surface area contributed by atoms with Gasteiger partial charge in [0.1, 0.15) is 5.75 Å². The lowest BCUT2D eigenvalue weighted by Crippen LogP contribution is -2.23. The number of hydrogen-bond donors (Lipinski definition) is 1. The van der Waals surface area contributed by atoms with Crippen molar-refractivity contribution >= 4 is 11.6 Å². The van der Waals surface area contributed by atoms with E-state index in [1.807, 2.05) is 18.2 Å². The molecule has 0 fully saturated rings. The second-order valence-electron chi connectivity index (χ2n) is 4.53. The third-order valence-corrected chi connectivity index (χ3v) is 3.29. The number of rotatable bonds is 9. The van der Waals surface area contributed by atoms with Crippen LogP contribution < -0.4 is 10.1 Å². The van der Waals surface area contributed by atoms with Crippen molar-refractivity contribution in [2.75, 3.05) is 27.4 Å². The number of nitrogens with one attached hydrogen (secondary N) is 1. The Kier molecular flexibility index (Phi) is 7.87. The molecule has 1 unspecified atom stereocenters.